The summed E-state index contributed by atoms with van der Waals surface area (Å²) >= 11 is 0. The summed E-state index contributed by atoms with van der Waals surface area (Å²) in [6.45, 7) is 7.79. The van der Waals surface area contributed by atoms with E-state index in [1.807, 2.05) is 0 Å². The van der Waals surface area contributed by atoms with Crippen LogP contribution in [0.4, 0.5) is 4.79 Å². The van der Waals surface area contributed by atoms with Crippen molar-refractivity contribution < 1.29 is 4.79 Å². The third-order valence-corrected chi connectivity index (χ3v) is 10.0. The van der Waals surface area contributed by atoms with Gasteiger partial charge in [0.2, 0.25) is 0 Å². The number of hydrogen-bond donors (Lipinski definition) is 1. The molecule has 2 aromatic rings. The van der Waals surface area contributed by atoms with E-state index in [1.54, 1.807) is 5.01 Å². The van der Waals surface area contributed by atoms with Crippen LogP contribution in [0.25, 0.3) is 0 Å². The summed E-state index contributed by atoms with van der Waals surface area (Å²) in [5.41, 5.74) is 4.16. The molecule has 2 bridgehead atoms. The number of rotatable bonds is 4. The molecule has 4 nitrogen and oxygen atoms in total. The zero-order chi connectivity index (χ0) is 22.8. The van der Waals surface area contributed by atoms with E-state index >= 15 is 0 Å². The van der Waals surface area contributed by atoms with Crippen molar-refractivity contribution in [2.45, 2.75) is 70.3 Å². The van der Waals surface area contributed by atoms with Crippen LogP contribution in [0.2, 0.25) is 0 Å². The minimum absolute atomic E-state index is 0.0237. The lowest BCUT2D eigenvalue weighted by atomic mass is 9.69. The highest BCUT2D eigenvalue weighted by molar-refractivity contribution is 6.04. The van der Waals surface area contributed by atoms with Gasteiger partial charge in [0.15, 0.2) is 0 Å². The Labute approximate surface area is 197 Å². The van der Waals surface area contributed by atoms with Gasteiger partial charge in [0.1, 0.15) is 0 Å². The van der Waals surface area contributed by atoms with Gasteiger partial charge in [-0.3, -0.25) is 0 Å². The average Bonchev–Trinajstić information content (AvgIpc) is 3.41. The molecule has 1 aliphatic heterocycles. The van der Waals surface area contributed by atoms with Gasteiger partial charge in [0.05, 0.1) is 12.3 Å². The number of urea groups is 1. The van der Waals surface area contributed by atoms with Gasteiger partial charge in [-0.05, 0) is 60.0 Å². The average molecular weight is 442 g/mol. The Bertz CT molecular complexity index is 1090. The van der Waals surface area contributed by atoms with Crippen LogP contribution in [0.1, 0.15) is 69.9 Å². The lowest BCUT2D eigenvalue weighted by molar-refractivity contribution is 0.118. The predicted octanol–water partition coefficient (Wildman–Crippen LogP) is 6.10. The van der Waals surface area contributed by atoms with E-state index in [0.29, 0.717) is 12.5 Å². The van der Waals surface area contributed by atoms with Gasteiger partial charge in [-0.15, -0.1) is 0 Å². The molecule has 4 atom stereocenters. The summed E-state index contributed by atoms with van der Waals surface area (Å²) in [5, 5.41) is 10.2. The minimum atomic E-state index is -0.0306. The first-order chi connectivity index (χ1) is 15.8. The largest absolute Gasteiger partial charge is 0.338 e. The van der Waals surface area contributed by atoms with Crippen molar-refractivity contribution in [3.05, 3.63) is 71.8 Å². The molecule has 3 aliphatic carbocycles. The molecule has 3 fully saturated rings. The van der Waals surface area contributed by atoms with Crippen molar-refractivity contribution in [1.29, 1.82) is 0 Å². The van der Waals surface area contributed by atoms with Crippen LogP contribution in [0.3, 0.4) is 0 Å². The lowest BCUT2D eigenvalue weighted by Crippen LogP contribution is -2.50. The van der Waals surface area contributed by atoms with E-state index in [-0.39, 0.29) is 34.2 Å². The fourth-order valence-electron chi connectivity index (χ4n) is 7.23. The number of amides is 2. The van der Waals surface area contributed by atoms with E-state index in [2.05, 4.69) is 86.8 Å². The number of nitrogens with zero attached hydrogens (tertiary/aromatic N) is 2. The summed E-state index contributed by atoms with van der Waals surface area (Å²) < 4.78 is 0. The first-order valence-corrected chi connectivity index (χ1v) is 12.6. The molecule has 172 valence electrons. The molecule has 2 amide bonds. The van der Waals surface area contributed by atoms with Crippen LogP contribution in [0.5, 0.6) is 0 Å². The Morgan fingerprint density at radius 1 is 0.970 bits per heavy atom. The monoisotopic (exact) mass is 441 g/mol. The molecule has 1 heterocycles. The highest BCUT2D eigenvalue weighted by atomic mass is 16.2. The fourth-order valence-corrected chi connectivity index (χ4v) is 7.23. The van der Waals surface area contributed by atoms with Crippen molar-refractivity contribution in [2.75, 3.05) is 6.54 Å². The molecule has 0 saturated heterocycles. The minimum Gasteiger partial charge on any atom is -0.333 e. The second-order valence-corrected chi connectivity index (χ2v) is 11.6. The highest BCUT2D eigenvalue weighted by Crippen LogP contribution is 2.65. The predicted molar refractivity (Wildman–Crippen MR) is 132 cm³/mol. The normalized spacial score (nSPS) is 33.1. The van der Waals surface area contributed by atoms with Crippen LogP contribution in [0.15, 0.2) is 65.8 Å². The Kier molecular flexibility index (Phi) is 4.56. The number of carbonyl (C=O) groups is 1. The van der Waals surface area contributed by atoms with Crippen LogP contribution in [0, 0.1) is 16.7 Å². The van der Waals surface area contributed by atoms with E-state index in [0.717, 1.165) is 25.0 Å². The molecule has 4 aliphatic rings. The molecule has 4 heteroatoms. The Balaban J connectivity index is 1.30. The Hall–Kier alpha value is -2.62. The SMILES string of the molecule is CC1(C)C2CCC1(C)[C@@H](NC(=O)N1CC(c3ccccc3)C(C3(c4ccccc4)CC3)=N1)C2. The van der Waals surface area contributed by atoms with Gasteiger partial charge < -0.3 is 5.32 Å². The van der Waals surface area contributed by atoms with Gasteiger partial charge >= 0.3 is 6.03 Å². The van der Waals surface area contributed by atoms with Gasteiger partial charge in [0.25, 0.3) is 0 Å². The topological polar surface area (TPSA) is 44.7 Å². The van der Waals surface area contributed by atoms with Gasteiger partial charge in [-0.1, -0.05) is 81.4 Å². The molecule has 0 radical (unpaired) electrons. The molecule has 0 spiro atoms. The highest BCUT2D eigenvalue weighted by Gasteiger charge is 2.62. The summed E-state index contributed by atoms with van der Waals surface area (Å²) in [6, 6.07) is 21.6. The molecular weight excluding hydrogens is 406 g/mol. The molecular formula is C29H35N3O. The summed E-state index contributed by atoms with van der Waals surface area (Å²) in [5.74, 6) is 0.849. The third-order valence-electron chi connectivity index (χ3n) is 10.0. The van der Waals surface area contributed by atoms with E-state index < -0.39 is 0 Å². The second kappa shape index (κ2) is 7.19. The van der Waals surface area contributed by atoms with Crippen molar-refractivity contribution >= 4 is 11.7 Å². The van der Waals surface area contributed by atoms with Crippen LogP contribution in [-0.4, -0.2) is 29.3 Å². The molecule has 0 aromatic heterocycles. The maximum atomic E-state index is 13.5. The number of hydrogen-bond acceptors (Lipinski definition) is 2. The van der Waals surface area contributed by atoms with Gasteiger partial charge in [-0.2, -0.15) is 5.10 Å². The molecule has 3 saturated carbocycles. The van der Waals surface area contributed by atoms with Gasteiger partial charge in [-0.25, -0.2) is 9.80 Å². The van der Waals surface area contributed by atoms with Crippen LogP contribution in [-0.2, 0) is 5.41 Å². The fraction of sp³-hybridized carbons (Fsp3) is 0.517. The maximum absolute atomic E-state index is 13.5. The number of fused-ring (bicyclic) bond motifs is 2. The van der Waals surface area contributed by atoms with Crippen molar-refractivity contribution in [3.8, 4) is 0 Å². The van der Waals surface area contributed by atoms with Crippen LogP contribution >= 0.6 is 0 Å². The van der Waals surface area contributed by atoms with Crippen molar-refractivity contribution in [3.63, 3.8) is 0 Å². The molecule has 1 N–H and O–H groups in total. The van der Waals surface area contributed by atoms with Crippen molar-refractivity contribution in [2.24, 2.45) is 21.8 Å². The van der Waals surface area contributed by atoms with E-state index in [4.69, 9.17) is 5.10 Å². The summed E-state index contributed by atoms with van der Waals surface area (Å²) in [6.07, 6.45) is 5.79. The molecule has 2 aromatic carbocycles. The maximum Gasteiger partial charge on any atom is 0.338 e. The van der Waals surface area contributed by atoms with E-state index in [1.165, 1.54) is 24.0 Å². The lowest BCUT2D eigenvalue weighted by Gasteiger charge is -2.39. The molecule has 33 heavy (non-hydrogen) atoms. The van der Waals surface area contributed by atoms with Crippen molar-refractivity contribution in [1.82, 2.24) is 10.3 Å². The van der Waals surface area contributed by atoms with Crippen LogP contribution < -0.4 is 5.32 Å². The number of benzene rings is 2. The zero-order valence-corrected chi connectivity index (χ0v) is 20.1. The zero-order valence-electron chi connectivity index (χ0n) is 20.1. The number of nitrogens with one attached hydrogen (secondary N) is 1. The summed E-state index contributed by atoms with van der Waals surface area (Å²) in [4.78, 5) is 13.5. The first kappa shape index (κ1) is 20.9. The molecule has 6 rings (SSSR count). The molecule has 3 unspecified atom stereocenters. The quantitative estimate of drug-likeness (QED) is 0.612. The van der Waals surface area contributed by atoms with Gasteiger partial charge in [0, 0.05) is 17.4 Å². The second-order valence-electron chi connectivity index (χ2n) is 11.6. The number of hydrazone groups is 1. The third kappa shape index (κ3) is 3.02. The van der Waals surface area contributed by atoms with E-state index in [9.17, 15) is 4.79 Å². The summed E-state index contributed by atoms with van der Waals surface area (Å²) in [7, 11) is 0. The smallest absolute Gasteiger partial charge is 0.333 e. The Morgan fingerprint density at radius 2 is 1.64 bits per heavy atom. The Morgan fingerprint density at radius 3 is 2.21 bits per heavy atom. The number of carbonyl (C=O) groups excluding carboxylic acids is 1. The standard InChI is InChI=1S/C29H35N3O/c1-27(2)22-14-15-28(27,3)24(18-22)30-26(33)32-19-23(20-10-6-4-7-11-20)25(31-32)29(16-17-29)21-12-8-5-9-13-21/h4-13,22-24H,14-19H2,1-3H3,(H,30,33)/t22?,23?,24-,28?/m0/s1. The first-order valence-electron chi connectivity index (χ1n) is 12.6.